The number of hydrazone groups is 1. The van der Waals surface area contributed by atoms with Gasteiger partial charge in [-0.2, -0.15) is 5.10 Å². The number of unbranched alkanes of at least 4 members (excludes halogenated alkanes) is 1. The van der Waals surface area contributed by atoms with Gasteiger partial charge in [-0.25, -0.2) is 4.98 Å². The summed E-state index contributed by atoms with van der Waals surface area (Å²) in [6, 6.07) is 7.08. The third kappa shape index (κ3) is 6.05. The first-order valence-corrected chi connectivity index (χ1v) is 9.76. The number of nitrogens with zero attached hydrogens (tertiary/aromatic N) is 3. The van der Waals surface area contributed by atoms with Gasteiger partial charge in [0.1, 0.15) is 0 Å². The van der Waals surface area contributed by atoms with Crippen molar-refractivity contribution < 1.29 is 4.79 Å². The summed E-state index contributed by atoms with van der Waals surface area (Å²) < 4.78 is 0. The normalized spacial score (nSPS) is 10.7. The average Bonchev–Trinajstić information content (AvgIpc) is 3.03. The van der Waals surface area contributed by atoms with Crippen LogP contribution in [0.4, 0.5) is 10.8 Å². The van der Waals surface area contributed by atoms with Crippen molar-refractivity contribution in [3.05, 3.63) is 40.4 Å². The molecule has 0 aliphatic heterocycles. The fourth-order valence-electron chi connectivity index (χ4n) is 2.06. The molecule has 9 heteroatoms. The fourth-order valence-corrected chi connectivity index (χ4v) is 3.23. The Morgan fingerprint density at radius 3 is 3.00 bits per heavy atom. The van der Waals surface area contributed by atoms with Crippen LogP contribution in [0.15, 0.2) is 34.7 Å². The molecule has 0 aliphatic rings. The lowest BCUT2D eigenvalue weighted by Gasteiger charge is -2.18. The van der Waals surface area contributed by atoms with Crippen LogP contribution in [0, 0.1) is 0 Å². The number of hydrogen-bond acceptors (Lipinski definition) is 5. The lowest BCUT2D eigenvalue weighted by atomic mass is 10.3. The van der Waals surface area contributed by atoms with Crippen molar-refractivity contribution in [3.8, 4) is 0 Å². The maximum Gasteiger partial charge on any atom is 0.230 e. The van der Waals surface area contributed by atoms with Gasteiger partial charge in [0.05, 0.1) is 17.6 Å². The molecule has 26 heavy (non-hydrogen) atoms. The Hall–Kier alpha value is -2.03. The molecule has 1 aromatic carbocycles. The van der Waals surface area contributed by atoms with Crippen molar-refractivity contribution in [3.63, 3.8) is 0 Å². The van der Waals surface area contributed by atoms with E-state index in [2.05, 4.69) is 27.8 Å². The first kappa shape index (κ1) is 20.3. The highest BCUT2D eigenvalue weighted by Gasteiger charge is 2.17. The maximum absolute atomic E-state index is 12.1. The van der Waals surface area contributed by atoms with E-state index in [1.807, 2.05) is 11.4 Å². The minimum absolute atomic E-state index is 0.149. The molecule has 1 aromatic heterocycles. The molecule has 0 aliphatic carbocycles. The molecule has 138 valence electrons. The highest BCUT2D eigenvalue weighted by Crippen LogP contribution is 2.30. The molecule has 0 unspecified atom stereocenters. The van der Waals surface area contributed by atoms with Crippen molar-refractivity contribution in [2.45, 2.75) is 26.7 Å². The summed E-state index contributed by atoms with van der Waals surface area (Å²) in [5.74, 6) is -0.149. The zero-order valence-corrected chi connectivity index (χ0v) is 16.9. The van der Waals surface area contributed by atoms with Gasteiger partial charge < -0.3 is 5.32 Å². The second kappa shape index (κ2) is 10.2. The standard InChI is InChI=1S/C17H20ClN5OS2/c1-3-4-8-19-16(25)22-20-10-14-11-26-17(21-14)23(12(2)24)15-7-5-6-13(18)9-15/h5-7,9-11H,3-4,8H2,1-2H3,(H2,19,22,25)/b20-10-. The Labute approximate surface area is 167 Å². The predicted octanol–water partition coefficient (Wildman–Crippen LogP) is 4.08. The van der Waals surface area contributed by atoms with Gasteiger partial charge in [0.25, 0.3) is 0 Å². The summed E-state index contributed by atoms with van der Waals surface area (Å²) in [6.07, 6.45) is 3.70. The number of carbonyl (C=O) groups is 1. The van der Waals surface area contributed by atoms with E-state index < -0.39 is 0 Å². The number of thiocarbonyl (C=S) groups is 1. The Kier molecular flexibility index (Phi) is 7.96. The molecule has 0 atom stereocenters. The van der Waals surface area contributed by atoms with E-state index in [1.165, 1.54) is 23.2 Å². The summed E-state index contributed by atoms with van der Waals surface area (Å²) in [4.78, 5) is 18.0. The number of benzene rings is 1. The summed E-state index contributed by atoms with van der Waals surface area (Å²) in [6.45, 7) is 4.41. The lowest BCUT2D eigenvalue weighted by Crippen LogP contribution is -2.32. The van der Waals surface area contributed by atoms with Gasteiger partial charge >= 0.3 is 0 Å². The van der Waals surface area contributed by atoms with E-state index >= 15 is 0 Å². The Morgan fingerprint density at radius 1 is 1.50 bits per heavy atom. The van der Waals surface area contributed by atoms with E-state index in [1.54, 1.807) is 24.4 Å². The molecule has 0 bridgehead atoms. The number of hydrogen-bond donors (Lipinski definition) is 2. The second-order valence-corrected chi connectivity index (χ2v) is 7.05. The van der Waals surface area contributed by atoms with Crippen molar-refractivity contribution >= 4 is 63.2 Å². The number of amides is 1. The largest absolute Gasteiger partial charge is 0.361 e. The number of anilines is 2. The second-order valence-electron chi connectivity index (χ2n) is 5.37. The van der Waals surface area contributed by atoms with Crippen LogP contribution in [0.3, 0.4) is 0 Å². The first-order valence-electron chi connectivity index (χ1n) is 8.10. The molecule has 2 rings (SSSR count). The number of rotatable bonds is 7. The molecule has 0 fully saturated rings. The van der Waals surface area contributed by atoms with Crippen molar-refractivity contribution in [1.82, 2.24) is 15.7 Å². The number of nitrogens with one attached hydrogen (secondary N) is 2. The van der Waals surface area contributed by atoms with Crippen LogP contribution in [-0.4, -0.2) is 28.8 Å². The van der Waals surface area contributed by atoms with E-state index in [-0.39, 0.29) is 5.91 Å². The van der Waals surface area contributed by atoms with Crippen LogP contribution >= 0.6 is 35.2 Å². The Balaban J connectivity index is 2.04. The number of aromatic nitrogens is 1. The predicted molar refractivity (Wildman–Crippen MR) is 113 cm³/mol. The van der Waals surface area contributed by atoms with E-state index in [0.29, 0.717) is 26.6 Å². The zero-order chi connectivity index (χ0) is 18.9. The minimum atomic E-state index is -0.149. The highest BCUT2D eigenvalue weighted by atomic mass is 35.5. The quantitative estimate of drug-likeness (QED) is 0.312. The van der Waals surface area contributed by atoms with Crippen molar-refractivity contribution in [1.29, 1.82) is 0 Å². The molecular weight excluding hydrogens is 390 g/mol. The van der Waals surface area contributed by atoms with Crippen molar-refractivity contribution in [2.75, 3.05) is 11.4 Å². The van der Waals surface area contributed by atoms with Gasteiger partial charge in [-0.15, -0.1) is 11.3 Å². The van der Waals surface area contributed by atoms with E-state index in [9.17, 15) is 4.79 Å². The molecule has 6 nitrogen and oxygen atoms in total. The number of thiazole rings is 1. The molecule has 0 radical (unpaired) electrons. The smallest absolute Gasteiger partial charge is 0.230 e. The summed E-state index contributed by atoms with van der Waals surface area (Å²) in [5, 5.41) is 10.5. The average molecular weight is 410 g/mol. The summed E-state index contributed by atoms with van der Waals surface area (Å²) >= 11 is 12.5. The van der Waals surface area contributed by atoms with Crippen LogP contribution in [0.5, 0.6) is 0 Å². The van der Waals surface area contributed by atoms with Crippen LogP contribution in [0.2, 0.25) is 5.02 Å². The zero-order valence-electron chi connectivity index (χ0n) is 14.5. The molecule has 1 amide bonds. The molecule has 2 aromatic rings. The fraction of sp³-hybridized carbons (Fsp3) is 0.294. The van der Waals surface area contributed by atoms with Crippen LogP contribution < -0.4 is 15.6 Å². The van der Waals surface area contributed by atoms with Gasteiger partial charge in [-0.05, 0) is 36.8 Å². The lowest BCUT2D eigenvalue weighted by molar-refractivity contribution is -0.115. The monoisotopic (exact) mass is 409 g/mol. The van der Waals surface area contributed by atoms with Crippen LogP contribution in [0.1, 0.15) is 32.4 Å². The molecule has 0 saturated carbocycles. The Morgan fingerprint density at radius 2 is 2.31 bits per heavy atom. The van der Waals surface area contributed by atoms with Crippen molar-refractivity contribution in [2.24, 2.45) is 5.10 Å². The minimum Gasteiger partial charge on any atom is -0.361 e. The number of halogens is 1. The molecular formula is C17H20ClN5OS2. The molecule has 1 heterocycles. The van der Waals surface area contributed by atoms with E-state index in [0.717, 1.165) is 19.4 Å². The van der Waals surface area contributed by atoms with Gasteiger partial charge in [-0.1, -0.05) is 31.0 Å². The van der Waals surface area contributed by atoms with Gasteiger partial charge in [0.15, 0.2) is 10.2 Å². The maximum atomic E-state index is 12.1. The third-order valence-electron chi connectivity index (χ3n) is 3.26. The highest BCUT2D eigenvalue weighted by molar-refractivity contribution is 7.80. The summed E-state index contributed by atoms with van der Waals surface area (Å²) in [5.41, 5.74) is 4.04. The van der Waals surface area contributed by atoms with Gasteiger partial charge in [-0.3, -0.25) is 15.1 Å². The molecule has 2 N–H and O–H groups in total. The number of carbonyl (C=O) groups excluding carboxylic acids is 1. The van der Waals surface area contributed by atoms with Crippen LogP contribution in [-0.2, 0) is 4.79 Å². The Bertz CT molecular complexity index is 793. The summed E-state index contributed by atoms with van der Waals surface area (Å²) in [7, 11) is 0. The van der Waals surface area contributed by atoms with Gasteiger partial charge in [0, 0.05) is 23.9 Å². The molecule has 0 spiro atoms. The molecule has 0 saturated heterocycles. The van der Waals surface area contributed by atoms with Crippen LogP contribution in [0.25, 0.3) is 0 Å². The van der Waals surface area contributed by atoms with E-state index in [4.69, 9.17) is 23.8 Å². The third-order valence-corrected chi connectivity index (χ3v) is 4.58. The first-order chi connectivity index (χ1) is 12.5. The topological polar surface area (TPSA) is 69.6 Å². The SMILES string of the molecule is CCCCNC(=S)N/N=C\c1csc(N(C(C)=O)c2cccc(Cl)c2)n1. The van der Waals surface area contributed by atoms with Gasteiger partial charge in [0.2, 0.25) is 5.91 Å².